The third kappa shape index (κ3) is 3.04. The Morgan fingerprint density at radius 2 is 1.62 bits per heavy atom. The average Bonchev–Trinajstić information content (AvgIpc) is 2.71. The first-order valence-corrected chi connectivity index (χ1v) is 10.4. The van der Waals surface area contributed by atoms with Gasteiger partial charge >= 0.3 is 0 Å². The van der Waals surface area contributed by atoms with E-state index in [-0.39, 0.29) is 5.41 Å². The number of aryl methyl sites for hydroxylation is 2. The third-order valence-electron chi connectivity index (χ3n) is 6.05. The molecule has 0 radical (unpaired) electrons. The second kappa shape index (κ2) is 6.52. The van der Waals surface area contributed by atoms with E-state index < -0.39 is 0 Å². The summed E-state index contributed by atoms with van der Waals surface area (Å²) in [6.07, 6.45) is 3.76. The fourth-order valence-corrected chi connectivity index (χ4v) is 4.62. The van der Waals surface area contributed by atoms with Gasteiger partial charge in [-0.25, -0.2) is 9.97 Å². The van der Waals surface area contributed by atoms with Gasteiger partial charge in [0.1, 0.15) is 6.33 Å². The standard InChI is InChI=1S/C27H26N2/c1-17-9-11-22-19(13-17)10-12-23-25(28-16-29-26(22)23)20-14-18-7-5-6-8-21(18)24(15-20)27(2,3)4/h5-9,11,13-16H,10,12H2,1-4H3. The van der Waals surface area contributed by atoms with Crippen LogP contribution in [0, 0.1) is 6.92 Å². The summed E-state index contributed by atoms with van der Waals surface area (Å²) in [5.41, 5.74) is 10.1. The van der Waals surface area contributed by atoms with Crippen LogP contribution in [-0.4, -0.2) is 9.97 Å². The fraction of sp³-hybridized carbons (Fsp3) is 0.259. The van der Waals surface area contributed by atoms with Crippen molar-refractivity contribution in [3.8, 4) is 22.5 Å². The highest BCUT2D eigenvalue weighted by Crippen LogP contribution is 2.39. The number of hydrogen-bond donors (Lipinski definition) is 0. The van der Waals surface area contributed by atoms with Crippen molar-refractivity contribution in [1.82, 2.24) is 9.97 Å². The van der Waals surface area contributed by atoms with E-state index in [4.69, 9.17) is 9.97 Å². The molecule has 5 rings (SSSR count). The van der Waals surface area contributed by atoms with Gasteiger partial charge in [0.05, 0.1) is 11.4 Å². The van der Waals surface area contributed by atoms with E-state index in [0.717, 1.165) is 24.2 Å². The van der Waals surface area contributed by atoms with Gasteiger partial charge in [0.15, 0.2) is 0 Å². The lowest BCUT2D eigenvalue weighted by Gasteiger charge is -2.24. The van der Waals surface area contributed by atoms with Crippen molar-refractivity contribution < 1.29 is 0 Å². The molecule has 1 aliphatic rings. The summed E-state index contributed by atoms with van der Waals surface area (Å²) >= 11 is 0. The lowest BCUT2D eigenvalue weighted by atomic mass is 9.81. The number of fused-ring (bicyclic) bond motifs is 4. The summed E-state index contributed by atoms with van der Waals surface area (Å²) in [7, 11) is 0. The van der Waals surface area contributed by atoms with E-state index in [2.05, 4.69) is 82.3 Å². The van der Waals surface area contributed by atoms with Crippen LogP contribution in [0.4, 0.5) is 0 Å². The van der Waals surface area contributed by atoms with E-state index in [1.165, 1.54) is 44.2 Å². The number of benzene rings is 3. The highest BCUT2D eigenvalue weighted by molar-refractivity contribution is 5.91. The van der Waals surface area contributed by atoms with Crippen molar-refractivity contribution in [3.05, 3.63) is 83.2 Å². The minimum absolute atomic E-state index is 0.0623. The van der Waals surface area contributed by atoms with Crippen LogP contribution >= 0.6 is 0 Å². The molecule has 2 nitrogen and oxygen atoms in total. The average molecular weight is 379 g/mol. The molecule has 144 valence electrons. The Hall–Kier alpha value is -3.00. The molecule has 1 aliphatic carbocycles. The molecule has 0 bridgehead atoms. The highest BCUT2D eigenvalue weighted by atomic mass is 14.8. The highest BCUT2D eigenvalue weighted by Gasteiger charge is 2.23. The molecule has 0 fully saturated rings. The van der Waals surface area contributed by atoms with E-state index in [1.54, 1.807) is 6.33 Å². The van der Waals surface area contributed by atoms with Gasteiger partial charge < -0.3 is 0 Å². The molecular formula is C27H26N2. The van der Waals surface area contributed by atoms with Crippen LogP contribution in [0.5, 0.6) is 0 Å². The molecule has 0 saturated heterocycles. The molecule has 0 amide bonds. The van der Waals surface area contributed by atoms with Crippen LogP contribution in [0.2, 0.25) is 0 Å². The maximum absolute atomic E-state index is 4.77. The van der Waals surface area contributed by atoms with E-state index >= 15 is 0 Å². The van der Waals surface area contributed by atoms with Gasteiger partial charge in [0, 0.05) is 16.7 Å². The Labute approximate surface area is 172 Å². The fourth-order valence-electron chi connectivity index (χ4n) is 4.62. The van der Waals surface area contributed by atoms with Crippen LogP contribution in [0.3, 0.4) is 0 Å². The smallest absolute Gasteiger partial charge is 0.116 e. The summed E-state index contributed by atoms with van der Waals surface area (Å²) in [5.74, 6) is 0. The van der Waals surface area contributed by atoms with Crippen molar-refractivity contribution in [2.45, 2.75) is 46.0 Å². The number of hydrogen-bond acceptors (Lipinski definition) is 2. The maximum atomic E-state index is 4.77. The molecule has 0 unspecified atom stereocenters. The van der Waals surface area contributed by atoms with Gasteiger partial charge in [-0.15, -0.1) is 0 Å². The number of nitrogens with zero attached hydrogens (tertiary/aromatic N) is 2. The molecule has 1 heterocycles. The predicted octanol–water partition coefficient (Wildman–Crippen LogP) is 6.67. The van der Waals surface area contributed by atoms with Gasteiger partial charge in [-0.1, -0.05) is 68.8 Å². The van der Waals surface area contributed by atoms with Gasteiger partial charge in [-0.3, -0.25) is 0 Å². The first-order chi connectivity index (χ1) is 13.9. The Morgan fingerprint density at radius 3 is 2.45 bits per heavy atom. The summed E-state index contributed by atoms with van der Waals surface area (Å²) in [5, 5.41) is 2.60. The molecule has 0 N–H and O–H groups in total. The second-order valence-corrected chi connectivity index (χ2v) is 9.20. The van der Waals surface area contributed by atoms with E-state index in [0.29, 0.717) is 0 Å². The Balaban J connectivity index is 1.75. The molecule has 4 aromatic rings. The molecule has 0 saturated carbocycles. The topological polar surface area (TPSA) is 25.8 Å². The first kappa shape index (κ1) is 18.1. The first-order valence-electron chi connectivity index (χ1n) is 10.4. The van der Waals surface area contributed by atoms with Crippen LogP contribution in [0.25, 0.3) is 33.3 Å². The van der Waals surface area contributed by atoms with Crippen LogP contribution < -0.4 is 0 Å². The SMILES string of the molecule is Cc1ccc2c(c1)CCc1c(-c3cc(C(C)(C)C)c4ccccc4c3)ncnc1-2. The monoisotopic (exact) mass is 378 g/mol. The maximum Gasteiger partial charge on any atom is 0.116 e. The summed E-state index contributed by atoms with van der Waals surface area (Å²) in [6.45, 7) is 9.01. The molecule has 0 aliphatic heterocycles. The molecule has 1 aromatic heterocycles. The van der Waals surface area contributed by atoms with Gasteiger partial charge in [0.25, 0.3) is 0 Å². The van der Waals surface area contributed by atoms with Crippen LogP contribution in [0.1, 0.15) is 43.0 Å². The zero-order valence-corrected chi connectivity index (χ0v) is 17.6. The minimum Gasteiger partial charge on any atom is -0.236 e. The second-order valence-electron chi connectivity index (χ2n) is 9.20. The molecule has 0 atom stereocenters. The van der Waals surface area contributed by atoms with E-state index in [9.17, 15) is 0 Å². The zero-order valence-electron chi connectivity index (χ0n) is 17.6. The third-order valence-corrected chi connectivity index (χ3v) is 6.05. The van der Waals surface area contributed by atoms with Crippen molar-refractivity contribution in [2.24, 2.45) is 0 Å². The number of aromatic nitrogens is 2. The van der Waals surface area contributed by atoms with Crippen molar-refractivity contribution in [3.63, 3.8) is 0 Å². The van der Waals surface area contributed by atoms with Gasteiger partial charge in [0.2, 0.25) is 0 Å². The quantitative estimate of drug-likeness (QED) is 0.370. The lowest BCUT2D eigenvalue weighted by molar-refractivity contribution is 0.596. The van der Waals surface area contributed by atoms with Crippen LogP contribution in [-0.2, 0) is 18.3 Å². The van der Waals surface area contributed by atoms with Crippen LogP contribution in [0.15, 0.2) is 60.9 Å². The van der Waals surface area contributed by atoms with Crippen molar-refractivity contribution in [2.75, 3.05) is 0 Å². The minimum atomic E-state index is 0.0623. The predicted molar refractivity (Wildman–Crippen MR) is 121 cm³/mol. The molecule has 3 aromatic carbocycles. The van der Waals surface area contributed by atoms with Gasteiger partial charge in [-0.2, -0.15) is 0 Å². The van der Waals surface area contributed by atoms with Gasteiger partial charge in [-0.05, 0) is 59.2 Å². The summed E-state index contributed by atoms with van der Waals surface area (Å²) < 4.78 is 0. The van der Waals surface area contributed by atoms with Crippen molar-refractivity contribution in [1.29, 1.82) is 0 Å². The molecule has 29 heavy (non-hydrogen) atoms. The normalized spacial score (nSPS) is 13.2. The number of rotatable bonds is 1. The summed E-state index contributed by atoms with van der Waals surface area (Å²) in [4.78, 5) is 9.47. The zero-order chi connectivity index (χ0) is 20.2. The molecule has 0 spiro atoms. The molecule has 2 heteroatoms. The Kier molecular flexibility index (Phi) is 4.06. The Morgan fingerprint density at radius 1 is 0.828 bits per heavy atom. The van der Waals surface area contributed by atoms with E-state index in [1.807, 2.05) is 0 Å². The van der Waals surface area contributed by atoms with Crippen molar-refractivity contribution >= 4 is 10.8 Å². The Bertz CT molecular complexity index is 1250. The summed E-state index contributed by atoms with van der Waals surface area (Å²) in [6, 6.07) is 20.0. The molecular weight excluding hydrogens is 352 g/mol. The largest absolute Gasteiger partial charge is 0.236 e. The lowest BCUT2D eigenvalue weighted by Crippen LogP contribution is -2.13.